The Morgan fingerprint density at radius 2 is 2.29 bits per heavy atom. The van der Waals surface area contributed by atoms with E-state index in [4.69, 9.17) is 10.00 Å². The third kappa shape index (κ3) is 2.18. The van der Waals surface area contributed by atoms with Crippen LogP contribution in [-0.2, 0) is 0 Å². The number of nitro benzene ring substituents is 1. The van der Waals surface area contributed by atoms with Gasteiger partial charge >= 0.3 is 0 Å². The fourth-order valence-electron chi connectivity index (χ4n) is 2.23. The largest absolute Gasteiger partial charge is 0.494 e. The van der Waals surface area contributed by atoms with Gasteiger partial charge in [-0.05, 0) is 18.9 Å². The average molecular weight is 285 g/mol. The van der Waals surface area contributed by atoms with Crippen LogP contribution in [0.25, 0.3) is 5.69 Å². The Hall–Kier alpha value is -2.95. The minimum Gasteiger partial charge on any atom is -0.494 e. The van der Waals surface area contributed by atoms with Gasteiger partial charge in [0.05, 0.1) is 17.7 Å². The molecule has 0 amide bonds. The quantitative estimate of drug-likeness (QED) is 0.627. The molecule has 1 aliphatic rings. The molecule has 0 unspecified atom stereocenters. The molecule has 1 fully saturated rings. The molecule has 8 heteroatoms. The molecule has 8 nitrogen and oxygen atoms in total. The van der Waals surface area contributed by atoms with Crippen molar-refractivity contribution in [1.29, 1.82) is 5.26 Å². The van der Waals surface area contributed by atoms with Gasteiger partial charge in [-0.15, -0.1) is 5.10 Å². The number of methoxy groups -OCH3 is 1. The van der Waals surface area contributed by atoms with Crippen LogP contribution in [0.4, 0.5) is 5.69 Å². The topological polar surface area (TPSA) is 107 Å². The zero-order chi connectivity index (χ0) is 15.0. The van der Waals surface area contributed by atoms with E-state index in [2.05, 4.69) is 10.3 Å². The van der Waals surface area contributed by atoms with E-state index in [-0.39, 0.29) is 17.3 Å². The number of nitro groups is 1. The number of rotatable bonds is 4. The molecule has 1 heterocycles. The minimum absolute atomic E-state index is 0.0680. The van der Waals surface area contributed by atoms with Crippen LogP contribution >= 0.6 is 0 Å². The SMILES string of the molecule is COc1ccc([N+](=O)[O-])cc1-n1nnc(C#N)c1C1CC1. The number of non-ortho nitro benzene ring substituents is 1. The zero-order valence-electron chi connectivity index (χ0n) is 11.2. The number of hydrogen-bond donors (Lipinski definition) is 0. The first-order valence-corrected chi connectivity index (χ1v) is 6.34. The number of aromatic nitrogens is 3. The van der Waals surface area contributed by atoms with E-state index in [1.54, 1.807) is 0 Å². The molecular formula is C13H11N5O3. The number of nitrogens with zero attached hydrogens (tertiary/aromatic N) is 5. The maximum Gasteiger partial charge on any atom is 0.271 e. The van der Waals surface area contributed by atoms with Crippen molar-refractivity contribution in [3.8, 4) is 17.5 Å². The van der Waals surface area contributed by atoms with Gasteiger partial charge in [0.25, 0.3) is 5.69 Å². The van der Waals surface area contributed by atoms with Crippen molar-refractivity contribution in [2.75, 3.05) is 7.11 Å². The molecule has 106 valence electrons. The van der Waals surface area contributed by atoms with Crippen molar-refractivity contribution in [3.05, 3.63) is 39.7 Å². The lowest BCUT2D eigenvalue weighted by Crippen LogP contribution is -2.05. The van der Waals surface area contributed by atoms with E-state index < -0.39 is 4.92 Å². The predicted octanol–water partition coefficient (Wildman–Crippen LogP) is 1.93. The van der Waals surface area contributed by atoms with Crippen LogP contribution in [0, 0.1) is 21.4 Å². The Balaban J connectivity index is 2.20. The molecule has 0 N–H and O–H groups in total. The highest BCUT2D eigenvalue weighted by Gasteiger charge is 2.33. The van der Waals surface area contributed by atoms with Crippen molar-refractivity contribution in [2.24, 2.45) is 0 Å². The Labute approximate surface area is 119 Å². The van der Waals surface area contributed by atoms with Gasteiger partial charge in [-0.25, -0.2) is 4.68 Å². The van der Waals surface area contributed by atoms with E-state index in [0.717, 1.165) is 12.8 Å². The summed E-state index contributed by atoms with van der Waals surface area (Å²) in [6, 6.07) is 6.26. The summed E-state index contributed by atoms with van der Waals surface area (Å²) >= 11 is 0. The van der Waals surface area contributed by atoms with Gasteiger partial charge in [0.2, 0.25) is 0 Å². The number of nitriles is 1. The first-order chi connectivity index (χ1) is 10.2. The summed E-state index contributed by atoms with van der Waals surface area (Å²) in [4.78, 5) is 10.5. The Morgan fingerprint density at radius 1 is 1.52 bits per heavy atom. The standard InChI is InChI=1S/C13H11N5O3/c1-21-12-5-4-9(18(19)20)6-11(12)17-13(8-2-3-8)10(7-14)15-16-17/h4-6,8H,2-3H2,1H3. The van der Waals surface area contributed by atoms with Crippen LogP contribution in [0.1, 0.15) is 30.1 Å². The lowest BCUT2D eigenvalue weighted by atomic mass is 10.2. The van der Waals surface area contributed by atoms with Crippen LogP contribution in [0.15, 0.2) is 18.2 Å². The van der Waals surface area contributed by atoms with Crippen molar-refractivity contribution in [2.45, 2.75) is 18.8 Å². The third-order valence-electron chi connectivity index (χ3n) is 3.38. The summed E-state index contributed by atoms with van der Waals surface area (Å²) in [5.74, 6) is 0.663. The van der Waals surface area contributed by atoms with E-state index in [0.29, 0.717) is 17.1 Å². The van der Waals surface area contributed by atoms with Crippen molar-refractivity contribution in [1.82, 2.24) is 15.0 Å². The highest BCUT2D eigenvalue weighted by atomic mass is 16.6. The van der Waals surface area contributed by atoms with Gasteiger partial charge in [0, 0.05) is 18.1 Å². The number of hydrogen-bond acceptors (Lipinski definition) is 6. The maximum atomic E-state index is 10.9. The maximum absolute atomic E-state index is 10.9. The summed E-state index contributed by atoms with van der Waals surface area (Å²) in [6.07, 6.45) is 1.92. The smallest absolute Gasteiger partial charge is 0.271 e. The third-order valence-corrected chi connectivity index (χ3v) is 3.38. The molecule has 0 spiro atoms. The molecule has 2 aromatic rings. The summed E-state index contributed by atoms with van der Waals surface area (Å²) in [7, 11) is 1.48. The molecule has 0 saturated heterocycles. The molecule has 0 bridgehead atoms. The monoisotopic (exact) mass is 285 g/mol. The highest BCUT2D eigenvalue weighted by Crippen LogP contribution is 2.42. The second-order valence-corrected chi connectivity index (χ2v) is 4.73. The second-order valence-electron chi connectivity index (χ2n) is 4.73. The van der Waals surface area contributed by atoms with Crippen molar-refractivity contribution in [3.63, 3.8) is 0 Å². The molecular weight excluding hydrogens is 274 g/mol. The molecule has 21 heavy (non-hydrogen) atoms. The lowest BCUT2D eigenvalue weighted by Gasteiger charge is -2.10. The normalized spacial score (nSPS) is 13.7. The number of benzene rings is 1. The molecule has 1 aliphatic carbocycles. The van der Waals surface area contributed by atoms with E-state index in [1.807, 2.05) is 6.07 Å². The molecule has 1 aromatic carbocycles. The lowest BCUT2D eigenvalue weighted by molar-refractivity contribution is -0.384. The minimum atomic E-state index is -0.484. The van der Waals surface area contributed by atoms with Gasteiger partial charge in [-0.2, -0.15) is 5.26 Å². The second kappa shape index (κ2) is 4.86. The van der Waals surface area contributed by atoms with Gasteiger partial charge in [0.15, 0.2) is 5.69 Å². The van der Waals surface area contributed by atoms with Crippen LogP contribution in [0.2, 0.25) is 0 Å². The van der Waals surface area contributed by atoms with Crippen LogP contribution in [0.5, 0.6) is 5.75 Å². The molecule has 1 saturated carbocycles. The fourth-order valence-corrected chi connectivity index (χ4v) is 2.23. The predicted molar refractivity (Wildman–Crippen MR) is 71.3 cm³/mol. The summed E-state index contributed by atoms with van der Waals surface area (Å²) in [5.41, 5.74) is 1.30. The average Bonchev–Trinajstić information content (AvgIpc) is 3.25. The van der Waals surface area contributed by atoms with Gasteiger partial charge in [-0.1, -0.05) is 5.21 Å². The fraction of sp³-hybridized carbons (Fsp3) is 0.308. The van der Waals surface area contributed by atoms with Crippen LogP contribution < -0.4 is 4.74 Å². The summed E-state index contributed by atoms with van der Waals surface area (Å²) in [5, 5.41) is 27.9. The Morgan fingerprint density at radius 3 is 2.86 bits per heavy atom. The Kier molecular flexibility index (Phi) is 3.02. The van der Waals surface area contributed by atoms with Crippen LogP contribution in [0.3, 0.4) is 0 Å². The molecule has 0 atom stereocenters. The molecule has 3 rings (SSSR count). The number of ether oxygens (including phenoxy) is 1. The van der Waals surface area contributed by atoms with E-state index in [1.165, 1.54) is 30.0 Å². The van der Waals surface area contributed by atoms with Gasteiger partial charge < -0.3 is 4.74 Å². The van der Waals surface area contributed by atoms with Gasteiger partial charge in [0.1, 0.15) is 17.5 Å². The van der Waals surface area contributed by atoms with Crippen molar-refractivity contribution >= 4 is 5.69 Å². The molecule has 0 aliphatic heterocycles. The summed E-state index contributed by atoms with van der Waals surface area (Å²) < 4.78 is 6.71. The Bertz CT molecular complexity index is 758. The highest BCUT2D eigenvalue weighted by molar-refractivity contribution is 5.55. The van der Waals surface area contributed by atoms with E-state index in [9.17, 15) is 10.1 Å². The van der Waals surface area contributed by atoms with E-state index >= 15 is 0 Å². The molecule has 0 radical (unpaired) electrons. The molecule has 1 aromatic heterocycles. The first kappa shape index (κ1) is 13.1. The van der Waals surface area contributed by atoms with Crippen LogP contribution in [-0.4, -0.2) is 27.0 Å². The van der Waals surface area contributed by atoms with Crippen molar-refractivity contribution < 1.29 is 9.66 Å². The van der Waals surface area contributed by atoms with Gasteiger partial charge in [-0.3, -0.25) is 10.1 Å². The zero-order valence-corrected chi connectivity index (χ0v) is 11.2. The summed E-state index contributed by atoms with van der Waals surface area (Å²) in [6.45, 7) is 0. The first-order valence-electron chi connectivity index (χ1n) is 6.34.